The predicted octanol–water partition coefficient (Wildman–Crippen LogP) is 12.6. The van der Waals surface area contributed by atoms with Crippen molar-refractivity contribution in [3.8, 4) is 33.6 Å². The van der Waals surface area contributed by atoms with Crippen LogP contribution in [0.1, 0.15) is 0 Å². The molecule has 0 aliphatic rings. The minimum atomic E-state index is -2.99. The maximum atomic E-state index is 2.61. The van der Waals surface area contributed by atoms with Gasteiger partial charge in [-0.05, 0) is 61.7 Å². The van der Waals surface area contributed by atoms with Crippen LogP contribution in [0.3, 0.4) is 0 Å². The number of nitrogens with zero attached hydrogens (tertiary/aromatic N) is 2. The van der Waals surface area contributed by atoms with Crippen molar-refractivity contribution in [2.75, 3.05) is 0 Å². The average molecular weight is 819 g/mol. The molecule has 0 atom stereocenters. The van der Waals surface area contributed by atoms with E-state index in [0.29, 0.717) is 0 Å². The van der Waals surface area contributed by atoms with E-state index in [-0.39, 0.29) is 0 Å². The van der Waals surface area contributed by atoms with Crippen molar-refractivity contribution in [2.45, 2.75) is 0 Å². The van der Waals surface area contributed by atoms with Gasteiger partial charge in [0.2, 0.25) is 0 Å². The Morgan fingerprint density at radius 1 is 0.254 bits per heavy atom. The molecule has 12 rings (SSSR count). The lowest BCUT2D eigenvalue weighted by atomic mass is 9.93. The molecule has 0 aliphatic carbocycles. The van der Waals surface area contributed by atoms with Gasteiger partial charge in [0.05, 0.1) is 33.4 Å². The summed E-state index contributed by atoms with van der Waals surface area (Å²) in [5.41, 5.74) is 11.9. The van der Waals surface area contributed by atoms with Gasteiger partial charge in [-0.15, -0.1) is 0 Å². The van der Waals surface area contributed by atoms with Crippen molar-refractivity contribution >= 4 is 72.4 Å². The van der Waals surface area contributed by atoms with Gasteiger partial charge in [0.1, 0.15) is 0 Å². The molecular formula is C60H42N2Si. The number of rotatable bonds is 8. The van der Waals surface area contributed by atoms with Crippen LogP contribution in [0.4, 0.5) is 0 Å². The van der Waals surface area contributed by atoms with Gasteiger partial charge in [-0.25, -0.2) is 0 Å². The third kappa shape index (κ3) is 5.71. The van der Waals surface area contributed by atoms with Crippen LogP contribution in [0.5, 0.6) is 0 Å². The smallest absolute Gasteiger partial charge is 0.181 e. The first kappa shape index (κ1) is 36.8. The van der Waals surface area contributed by atoms with Crippen molar-refractivity contribution < 1.29 is 0 Å². The summed E-state index contributed by atoms with van der Waals surface area (Å²) in [7, 11) is -2.99. The molecule has 296 valence electrons. The highest BCUT2D eigenvalue weighted by molar-refractivity contribution is 7.20. The first-order valence-electron chi connectivity index (χ1n) is 21.8. The molecule has 0 radical (unpaired) electrons. The van der Waals surface area contributed by atoms with Crippen LogP contribution in [0.2, 0.25) is 0 Å². The van der Waals surface area contributed by atoms with Gasteiger partial charge in [-0.3, -0.25) is 0 Å². The topological polar surface area (TPSA) is 9.86 Å². The van der Waals surface area contributed by atoms with E-state index in [9.17, 15) is 0 Å². The molecule has 2 nitrogen and oxygen atoms in total. The lowest BCUT2D eigenvalue weighted by molar-refractivity contribution is 1.13. The Balaban J connectivity index is 1.24. The summed E-state index contributed by atoms with van der Waals surface area (Å²) in [5, 5.41) is 10.3. The summed E-state index contributed by atoms with van der Waals surface area (Å²) in [4.78, 5) is 0. The molecule has 0 saturated heterocycles. The molecule has 0 saturated carbocycles. The number of benzene rings is 10. The second kappa shape index (κ2) is 15.2. The molecule has 3 heteroatoms. The molecule has 0 aliphatic heterocycles. The molecule has 0 fully saturated rings. The largest absolute Gasteiger partial charge is 0.307 e. The molecule has 10 aromatic carbocycles. The molecular weight excluding hydrogens is 777 g/mol. The molecule has 0 bridgehead atoms. The molecule has 2 heterocycles. The number of para-hydroxylation sites is 5. The Hall–Kier alpha value is -7.98. The zero-order chi connectivity index (χ0) is 41.7. The van der Waals surface area contributed by atoms with Gasteiger partial charge in [-0.2, -0.15) is 0 Å². The summed E-state index contributed by atoms with van der Waals surface area (Å²) >= 11 is 0. The van der Waals surface area contributed by atoms with Crippen LogP contribution in [0, 0.1) is 0 Å². The average Bonchev–Trinajstić information content (AvgIpc) is 3.89. The summed E-state index contributed by atoms with van der Waals surface area (Å²) < 4.78 is 5.14. The minimum Gasteiger partial charge on any atom is -0.307 e. The van der Waals surface area contributed by atoms with Crippen molar-refractivity contribution in [1.82, 2.24) is 9.13 Å². The Morgan fingerprint density at radius 3 is 1.24 bits per heavy atom. The van der Waals surface area contributed by atoms with Crippen LogP contribution in [-0.2, 0) is 0 Å². The fraction of sp³-hybridized carbons (Fsp3) is 0. The zero-order valence-corrected chi connectivity index (χ0v) is 35.6. The van der Waals surface area contributed by atoms with E-state index in [1.807, 2.05) is 0 Å². The fourth-order valence-electron chi connectivity index (χ4n) is 10.5. The number of hydrogen-bond donors (Lipinski definition) is 0. The van der Waals surface area contributed by atoms with Gasteiger partial charge in [0.15, 0.2) is 8.07 Å². The Kier molecular flexibility index (Phi) is 8.87. The Morgan fingerprint density at radius 2 is 0.651 bits per heavy atom. The molecule has 12 aromatic rings. The van der Waals surface area contributed by atoms with Crippen molar-refractivity contribution in [2.24, 2.45) is 0 Å². The SMILES string of the molecule is c1ccc(-c2ccccc2-c2ccccc2-n2c3ccccc3c3cccc(-n4c5ccccc5c5cccc([Si](c6ccccc6)(c6ccccc6)c6ccccc6)c54)c32)cc1. The molecule has 0 spiro atoms. The lowest BCUT2D eigenvalue weighted by Crippen LogP contribution is -2.75. The second-order valence-corrected chi connectivity index (χ2v) is 20.1. The number of hydrogen-bond acceptors (Lipinski definition) is 0. The number of aromatic nitrogens is 2. The van der Waals surface area contributed by atoms with Crippen LogP contribution in [0.15, 0.2) is 255 Å². The summed E-state index contributed by atoms with van der Waals surface area (Å²) in [6, 6.07) is 94.3. The van der Waals surface area contributed by atoms with Gasteiger partial charge in [0, 0.05) is 27.1 Å². The highest BCUT2D eigenvalue weighted by Gasteiger charge is 2.43. The monoisotopic (exact) mass is 818 g/mol. The first-order valence-corrected chi connectivity index (χ1v) is 23.8. The van der Waals surface area contributed by atoms with E-state index >= 15 is 0 Å². The zero-order valence-electron chi connectivity index (χ0n) is 34.6. The number of fused-ring (bicyclic) bond motifs is 6. The van der Waals surface area contributed by atoms with Gasteiger partial charge >= 0.3 is 0 Å². The molecule has 2 aromatic heterocycles. The third-order valence-corrected chi connectivity index (χ3v) is 17.9. The highest BCUT2D eigenvalue weighted by atomic mass is 28.3. The fourth-order valence-corrected chi connectivity index (χ4v) is 15.5. The van der Waals surface area contributed by atoms with E-state index in [0.717, 1.165) is 11.4 Å². The van der Waals surface area contributed by atoms with E-state index in [4.69, 9.17) is 0 Å². The summed E-state index contributed by atoms with van der Waals surface area (Å²) in [6.07, 6.45) is 0. The van der Waals surface area contributed by atoms with Crippen molar-refractivity contribution in [1.29, 1.82) is 0 Å². The van der Waals surface area contributed by atoms with E-state index < -0.39 is 8.07 Å². The lowest BCUT2D eigenvalue weighted by Gasteiger charge is -2.35. The quantitative estimate of drug-likeness (QED) is 0.107. The van der Waals surface area contributed by atoms with E-state index in [2.05, 4.69) is 264 Å². The van der Waals surface area contributed by atoms with Gasteiger partial charge in [0.25, 0.3) is 0 Å². The minimum absolute atomic E-state index is 1.14. The maximum absolute atomic E-state index is 2.99. The molecule has 0 amide bonds. The third-order valence-electron chi connectivity index (χ3n) is 13.1. The Labute approximate surface area is 368 Å². The van der Waals surface area contributed by atoms with E-state index in [1.54, 1.807) is 0 Å². The molecule has 0 unspecified atom stereocenters. The van der Waals surface area contributed by atoms with Crippen molar-refractivity contribution in [3.05, 3.63) is 255 Å². The Bertz CT molecular complexity index is 3510. The second-order valence-electron chi connectivity index (χ2n) is 16.4. The first-order chi connectivity index (χ1) is 31.3. The van der Waals surface area contributed by atoms with Gasteiger partial charge < -0.3 is 9.13 Å². The standard InChI is InChI=1S/C60H42N2Si/c1-5-23-43(24-6-1)47-31-13-14-32-48(47)49-33-15-18-38-54(49)61-55-39-19-16-34-50(55)52-36-21-41-57(59(52)61)62-56-40-20-17-35-51(56)53-37-22-42-58(60(53)62)63(44-25-7-2-8-26-44,45-27-9-3-10-28-45)46-29-11-4-12-30-46/h1-42H. The van der Waals surface area contributed by atoms with Crippen LogP contribution < -0.4 is 20.7 Å². The van der Waals surface area contributed by atoms with E-state index in [1.165, 1.54) is 86.6 Å². The van der Waals surface area contributed by atoms with Crippen LogP contribution in [0.25, 0.3) is 77.2 Å². The molecule has 0 N–H and O–H groups in total. The van der Waals surface area contributed by atoms with Crippen LogP contribution in [-0.4, -0.2) is 17.2 Å². The summed E-state index contributed by atoms with van der Waals surface area (Å²) in [5.74, 6) is 0. The van der Waals surface area contributed by atoms with Crippen molar-refractivity contribution in [3.63, 3.8) is 0 Å². The summed E-state index contributed by atoms with van der Waals surface area (Å²) in [6.45, 7) is 0. The van der Waals surface area contributed by atoms with Gasteiger partial charge in [-0.1, -0.05) is 231 Å². The molecule has 63 heavy (non-hydrogen) atoms. The normalized spacial score (nSPS) is 11.8. The maximum Gasteiger partial charge on any atom is 0.181 e. The predicted molar refractivity (Wildman–Crippen MR) is 270 cm³/mol. The van der Waals surface area contributed by atoms with Crippen LogP contribution >= 0.6 is 0 Å². The highest BCUT2D eigenvalue weighted by Crippen LogP contribution is 2.43.